The number of thiophene rings is 1. The van der Waals surface area contributed by atoms with Gasteiger partial charge in [0.2, 0.25) is 0 Å². The predicted octanol–water partition coefficient (Wildman–Crippen LogP) is 4.92. The molecule has 0 atom stereocenters. The number of hydrogen-bond donors (Lipinski definition) is 0. The number of hydrogen-bond acceptors (Lipinski definition) is 6. The second-order valence-corrected chi connectivity index (χ2v) is 9.93. The van der Waals surface area contributed by atoms with Crippen molar-refractivity contribution in [2.45, 2.75) is 19.8 Å². The lowest BCUT2D eigenvalue weighted by atomic mass is 10.0. The molecule has 7 heteroatoms. The molecule has 0 N–H and O–H groups in total. The molecule has 2 aliphatic rings. The lowest BCUT2D eigenvalue weighted by Gasteiger charge is -2.37. The molecule has 2 aromatic heterocycles. The van der Waals surface area contributed by atoms with Gasteiger partial charge in [0.1, 0.15) is 17.0 Å². The van der Waals surface area contributed by atoms with Gasteiger partial charge in [-0.05, 0) is 49.1 Å². The van der Waals surface area contributed by atoms with Gasteiger partial charge in [-0.1, -0.05) is 36.4 Å². The average Bonchev–Trinajstić information content (AvgIpc) is 3.25. The monoisotopic (exact) mass is 469 g/mol. The van der Waals surface area contributed by atoms with Crippen LogP contribution < -0.4 is 14.7 Å². The summed E-state index contributed by atoms with van der Waals surface area (Å²) in [6.07, 6.45) is 3.65. The zero-order valence-electron chi connectivity index (χ0n) is 19.3. The fraction of sp³-hybridized carbons (Fsp3) is 0.296. The van der Waals surface area contributed by atoms with Crippen molar-refractivity contribution in [1.82, 2.24) is 9.97 Å². The van der Waals surface area contributed by atoms with E-state index in [-0.39, 0.29) is 5.91 Å². The molecule has 0 saturated carbocycles. The van der Waals surface area contributed by atoms with E-state index in [4.69, 9.17) is 0 Å². The molecule has 1 amide bonds. The summed E-state index contributed by atoms with van der Waals surface area (Å²) in [6, 6.07) is 18.8. The number of fused-ring (bicyclic) bond motifs is 2. The molecular formula is C27H27N5OS. The van der Waals surface area contributed by atoms with Crippen molar-refractivity contribution >= 4 is 44.7 Å². The quantitative estimate of drug-likeness (QED) is 0.426. The highest BCUT2D eigenvalue weighted by Gasteiger charge is 2.29. The van der Waals surface area contributed by atoms with Crippen LogP contribution in [0.25, 0.3) is 10.2 Å². The molecule has 172 valence electrons. The summed E-state index contributed by atoms with van der Waals surface area (Å²) in [7, 11) is 0. The second-order valence-electron chi connectivity index (χ2n) is 8.93. The number of piperazine rings is 1. The maximum atomic E-state index is 13.7. The molecule has 34 heavy (non-hydrogen) atoms. The molecule has 0 radical (unpaired) electrons. The molecule has 6 nitrogen and oxygen atoms in total. The maximum absolute atomic E-state index is 13.7. The van der Waals surface area contributed by atoms with Gasteiger partial charge in [0, 0.05) is 44.1 Å². The summed E-state index contributed by atoms with van der Waals surface area (Å²) in [6.45, 7) is 6.46. The molecule has 1 fully saturated rings. The molecular weight excluding hydrogens is 442 g/mol. The SMILES string of the molecule is Cc1c(C(=O)N2CCCc3ccccc32)sc2ncnc(N3CCN(c4ccccc4)CC3)c12. The van der Waals surface area contributed by atoms with E-state index in [1.807, 2.05) is 11.0 Å². The number of rotatable bonds is 3. The van der Waals surface area contributed by atoms with Crippen LogP contribution in [0.1, 0.15) is 27.2 Å². The third-order valence-electron chi connectivity index (χ3n) is 6.96. The van der Waals surface area contributed by atoms with E-state index in [1.165, 1.54) is 22.6 Å². The zero-order valence-corrected chi connectivity index (χ0v) is 20.1. The van der Waals surface area contributed by atoms with E-state index in [0.717, 1.165) is 77.7 Å². The van der Waals surface area contributed by atoms with Gasteiger partial charge in [-0.25, -0.2) is 9.97 Å². The molecule has 0 aliphatic carbocycles. The number of carbonyl (C=O) groups excluding carboxylic acids is 1. The molecule has 0 bridgehead atoms. The predicted molar refractivity (Wildman–Crippen MR) is 139 cm³/mol. The van der Waals surface area contributed by atoms with Crippen LogP contribution in [0.4, 0.5) is 17.2 Å². The van der Waals surface area contributed by atoms with Crippen molar-refractivity contribution in [3.63, 3.8) is 0 Å². The van der Waals surface area contributed by atoms with Crippen LogP contribution in [0.3, 0.4) is 0 Å². The van der Waals surface area contributed by atoms with Crippen molar-refractivity contribution < 1.29 is 4.79 Å². The highest BCUT2D eigenvalue weighted by atomic mass is 32.1. The summed E-state index contributed by atoms with van der Waals surface area (Å²) in [5.41, 5.74) is 4.54. The van der Waals surface area contributed by atoms with Gasteiger partial charge in [0.25, 0.3) is 5.91 Å². The lowest BCUT2D eigenvalue weighted by Crippen LogP contribution is -2.46. The van der Waals surface area contributed by atoms with Crippen LogP contribution >= 0.6 is 11.3 Å². The highest BCUT2D eigenvalue weighted by molar-refractivity contribution is 7.20. The fourth-order valence-corrected chi connectivity index (χ4v) is 6.27. The Hall–Kier alpha value is -3.45. The average molecular weight is 470 g/mol. The first kappa shape index (κ1) is 21.1. The number of aromatic nitrogens is 2. The van der Waals surface area contributed by atoms with Gasteiger partial charge in [0.15, 0.2) is 0 Å². The van der Waals surface area contributed by atoms with Crippen LogP contribution in [0.5, 0.6) is 0 Å². The number of anilines is 3. The smallest absolute Gasteiger partial charge is 0.268 e. The second kappa shape index (κ2) is 8.72. The van der Waals surface area contributed by atoms with E-state index >= 15 is 0 Å². The lowest BCUT2D eigenvalue weighted by molar-refractivity contribution is 0.0988. The van der Waals surface area contributed by atoms with Crippen molar-refractivity contribution in [1.29, 1.82) is 0 Å². The summed E-state index contributed by atoms with van der Waals surface area (Å²) in [5.74, 6) is 1.03. The minimum Gasteiger partial charge on any atom is -0.368 e. The Balaban J connectivity index is 1.30. The molecule has 0 spiro atoms. The number of amides is 1. The first-order valence-corrected chi connectivity index (χ1v) is 12.7. The van der Waals surface area contributed by atoms with Crippen LogP contribution in [0.15, 0.2) is 60.9 Å². The number of para-hydroxylation sites is 2. The molecule has 2 aromatic carbocycles. The van der Waals surface area contributed by atoms with Crippen LogP contribution in [0, 0.1) is 6.92 Å². The molecule has 1 saturated heterocycles. The highest BCUT2D eigenvalue weighted by Crippen LogP contribution is 2.37. The minimum absolute atomic E-state index is 0.0764. The van der Waals surface area contributed by atoms with Crippen molar-refractivity contribution in [3.05, 3.63) is 76.9 Å². The Morgan fingerprint density at radius 2 is 1.62 bits per heavy atom. The van der Waals surface area contributed by atoms with Gasteiger partial charge in [-0.15, -0.1) is 11.3 Å². The summed E-state index contributed by atoms with van der Waals surface area (Å²) >= 11 is 1.50. The van der Waals surface area contributed by atoms with Gasteiger partial charge >= 0.3 is 0 Å². The normalized spacial score (nSPS) is 16.1. The maximum Gasteiger partial charge on any atom is 0.268 e. The Morgan fingerprint density at radius 1 is 0.882 bits per heavy atom. The van der Waals surface area contributed by atoms with E-state index in [0.29, 0.717) is 0 Å². The topological polar surface area (TPSA) is 52.6 Å². The van der Waals surface area contributed by atoms with E-state index in [1.54, 1.807) is 6.33 Å². The third-order valence-corrected chi connectivity index (χ3v) is 8.14. The number of carbonyl (C=O) groups is 1. The van der Waals surface area contributed by atoms with Crippen molar-refractivity contribution in [2.24, 2.45) is 0 Å². The van der Waals surface area contributed by atoms with Gasteiger partial charge in [-0.3, -0.25) is 4.79 Å². The number of nitrogens with zero attached hydrogens (tertiary/aromatic N) is 5. The molecule has 2 aliphatic heterocycles. The van der Waals surface area contributed by atoms with Gasteiger partial charge < -0.3 is 14.7 Å². The summed E-state index contributed by atoms with van der Waals surface area (Å²) in [5, 5.41) is 1.02. The van der Waals surface area contributed by atoms with E-state index in [9.17, 15) is 4.79 Å². The van der Waals surface area contributed by atoms with Crippen molar-refractivity contribution in [2.75, 3.05) is 47.4 Å². The van der Waals surface area contributed by atoms with Crippen LogP contribution in [-0.4, -0.2) is 48.6 Å². The molecule has 0 unspecified atom stereocenters. The Morgan fingerprint density at radius 3 is 2.44 bits per heavy atom. The largest absolute Gasteiger partial charge is 0.368 e. The molecule has 4 aromatic rings. The van der Waals surface area contributed by atoms with Gasteiger partial charge in [-0.2, -0.15) is 0 Å². The first-order chi connectivity index (χ1) is 16.7. The molecule has 4 heterocycles. The fourth-order valence-electron chi connectivity index (χ4n) is 5.18. The Labute approximate surface area is 203 Å². The number of benzene rings is 2. The van der Waals surface area contributed by atoms with Crippen LogP contribution in [0.2, 0.25) is 0 Å². The summed E-state index contributed by atoms with van der Waals surface area (Å²) < 4.78 is 0. The van der Waals surface area contributed by atoms with E-state index in [2.05, 4.69) is 75.2 Å². The first-order valence-electron chi connectivity index (χ1n) is 11.9. The number of aryl methyl sites for hydroxylation is 2. The van der Waals surface area contributed by atoms with Gasteiger partial charge in [0.05, 0.1) is 10.3 Å². The van der Waals surface area contributed by atoms with Crippen molar-refractivity contribution in [3.8, 4) is 0 Å². The zero-order chi connectivity index (χ0) is 23.1. The molecule has 6 rings (SSSR count). The van der Waals surface area contributed by atoms with E-state index < -0.39 is 0 Å². The summed E-state index contributed by atoms with van der Waals surface area (Å²) in [4.78, 5) is 31.3. The Kier molecular flexibility index (Phi) is 5.41. The Bertz CT molecular complexity index is 1340. The van der Waals surface area contributed by atoms with Crippen LogP contribution in [-0.2, 0) is 6.42 Å². The third kappa shape index (κ3) is 3.60. The minimum atomic E-state index is 0.0764. The standard InChI is InChI=1S/C27H27N5OS/c1-19-23-25(31-16-14-30(15-17-31)21-10-3-2-4-11-21)28-18-29-26(23)34-24(19)27(33)32-13-7-9-20-8-5-6-12-22(20)32/h2-6,8,10-12,18H,7,9,13-17H2,1H3.